The molecule has 3 heterocycles. The number of para-hydroxylation sites is 1. The summed E-state index contributed by atoms with van der Waals surface area (Å²) in [7, 11) is 0. The molecule has 28 heavy (non-hydrogen) atoms. The Balaban J connectivity index is 1.21. The number of fused-ring (bicyclic) bond motifs is 2. The number of ether oxygens (including phenoxy) is 1. The lowest BCUT2D eigenvalue weighted by atomic mass is 9.96. The predicted octanol–water partition coefficient (Wildman–Crippen LogP) is 3.24. The van der Waals surface area contributed by atoms with Gasteiger partial charge in [-0.2, -0.15) is 0 Å². The van der Waals surface area contributed by atoms with Gasteiger partial charge < -0.3 is 4.74 Å². The number of hydrogen-bond donors (Lipinski definition) is 0. The van der Waals surface area contributed by atoms with E-state index in [-0.39, 0.29) is 5.56 Å². The average Bonchev–Trinajstić information content (AvgIpc) is 3.20. The summed E-state index contributed by atoms with van der Waals surface area (Å²) in [6.07, 6.45) is 4.98. The van der Waals surface area contributed by atoms with Crippen molar-refractivity contribution in [1.82, 2.24) is 14.5 Å². The average molecular weight is 375 g/mol. The molecule has 0 atom stereocenters. The summed E-state index contributed by atoms with van der Waals surface area (Å²) in [5.41, 5.74) is 3.57. The Morgan fingerprint density at radius 3 is 2.86 bits per heavy atom. The second-order valence-electron chi connectivity index (χ2n) is 7.98. The Bertz CT molecular complexity index is 1050. The smallest absolute Gasteiger partial charge is 0.261 e. The van der Waals surface area contributed by atoms with Crippen LogP contribution in [-0.2, 0) is 19.5 Å². The van der Waals surface area contributed by atoms with Crippen LogP contribution in [0.1, 0.15) is 24.0 Å². The lowest BCUT2D eigenvalue weighted by Crippen LogP contribution is -2.36. The summed E-state index contributed by atoms with van der Waals surface area (Å²) in [5.74, 6) is 1.59. The highest BCUT2D eigenvalue weighted by Gasteiger charge is 2.21. The molecular formula is C23H25N3O2. The normalized spacial score (nSPS) is 17.6. The zero-order valence-corrected chi connectivity index (χ0v) is 16.0. The summed E-state index contributed by atoms with van der Waals surface area (Å²) < 4.78 is 7.40. The van der Waals surface area contributed by atoms with Crippen molar-refractivity contribution in [2.45, 2.75) is 32.4 Å². The van der Waals surface area contributed by atoms with Crippen molar-refractivity contribution in [3.8, 4) is 5.75 Å². The third-order valence-corrected chi connectivity index (χ3v) is 6.05. The number of rotatable bonds is 4. The van der Waals surface area contributed by atoms with Gasteiger partial charge in [-0.05, 0) is 61.2 Å². The topological polar surface area (TPSA) is 47.4 Å². The van der Waals surface area contributed by atoms with Crippen LogP contribution in [0.4, 0.5) is 0 Å². The van der Waals surface area contributed by atoms with Crippen LogP contribution in [-0.4, -0.2) is 34.1 Å². The van der Waals surface area contributed by atoms with Crippen LogP contribution in [0, 0.1) is 5.92 Å². The molecule has 0 N–H and O–H groups in total. The lowest BCUT2D eigenvalue weighted by molar-refractivity contribution is 0.166. The molecular weight excluding hydrogens is 350 g/mol. The fourth-order valence-corrected chi connectivity index (χ4v) is 4.44. The first-order valence-corrected chi connectivity index (χ1v) is 10.2. The van der Waals surface area contributed by atoms with Crippen LogP contribution in [0.25, 0.3) is 10.9 Å². The molecule has 5 heteroatoms. The van der Waals surface area contributed by atoms with Crippen LogP contribution >= 0.6 is 0 Å². The fraction of sp³-hybridized carbons (Fsp3) is 0.391. The van der Waals surface area contributed by atoms with Gasteiger partial charge in [-0.15, -0.1) is 0 Å². The van der Waals surface area contributed by atoms with Gasteiger partial charge in [0, 0.05) is 19.5 Å². The Labute approximate surface area is 164 Å². The monoisotopic (exact) mass is 375 g/mol. The third-order valence-electron chi connectivity index (χ3n) is 6.05. The summed E-state index contributed by atoms with van der Waals surface area (Å²) in [4.78, 5) is 19.7. The first kappa shape index (κ1) is 17.4. The quantitative estimate of drug-likeness (QED) is 0.702. The standard InChI is InChI=1S/C23H25N3O2/c27-23-20-3-1-2-4-21(20)24-16-26(23)15-17-7-10-25(11-8-17)14-18-5-6-22-19(13-18)9-12-28-22/h1-6,13,16-17H,7-12,14-15H2. The molecule has 5 rings (SSSR count). The van der Waals surface area contributed by atoms with Crippen molar-refractivity contribution in [3.63, 3.8) is 0 Å². The Morgan fingerprint density at radius 1 is 1.11 bits per heavy atom. The van der Waals surface area contributed by atoms with Crippen LogP contribution in [0.15, 0.2) is 53.6 Å². The maximum atomic E-state index is 12.7. The molecule has 0 bridgehead atoms. The van der Waals surface area contributed by atoms with Crippen LogP contribution in [0.2, 0.25) is 0 Å². The lowest BCUT2D eigenvalue weighted by Gasteiger charge is -2.32. The molecule has 1 fully saturated rings. The zero-order chi connectivity index (χ0) is 18.9. The summed E-state index contributed by atoms with van der Waals surface area (Å²) in [6.45, 7) is 4.73. The second kappa shape index (κ2) is 7.40. The van der Waals surface area contributed by atoms with Gasteiger partial charge in [0.15, 0.2) is 0 Å². The molecule has 2 aliphatic rings. The Hall–Kier alpha value is -2.66. The summed E-state index contributed by atoms with van der Waals surface area (Å²) >= 11 is 0. The van der Waals surface area contributed by atoms with Crippen molar-refractivity contribution >= 4 is 10.9 Å². The highest BCUT2D eigenvalue weighted by Crippen LogP contribution is 2.27. The minimum absolute atomic E-state index is 0.0772. The third kappa shape index (κ3) is 3.42. The second-order valence-corrected chi connectivity index (χ2v) is 7.98. The first-order valence-electron chi connectivity index (χ1n) is 10.2. The van der Waals surface area contributed by atoms with Crippen molar-refractivity contribution in [1.29, 1.82) is 0 Å². The molecule has 3 aromatic rings. The molecule has 144 valence electrons. The molecule has 0 aliphatic carbocycles. The van der Waals surface area contributed by atoms with E-state index in [9.17, 15) is 4.79 Å². The maximum absolute atomic E-state index is 12.7. The van der Waals surface area contributed by atoms with Crippen molar-refractivity contribution in [3.05, 3.63) is 70.3 Å². The largest absolute Gasteiger partial charge is 0.493 e. The van der Waals surface area contributed by atoms with Gasteiger partial charge in [-0.25, -0.2) is 4.98 Å². The summed E-state index contributed by atoms with van der Waals surface area (Å²) in [5, 5.41) is 0.711. The molecule has 0 unspecified atom stereocenters. The maximum Gasteiger partial charge on any atom is 0.261 e. The number of aromatic nitrogens is 2. The van der Waals surface area contributed by atoms with E-state index in [2.05, 4.69) is 28.1 Å². The van der Waals surface area contributed by atoms with E-state index in [1.165, 1.54) is 11.1 Å². The van der Waals surface area contributed by atoms with Crippen molar-refractivity contribution in [2.75, 3.05) is 19.7 Å². The predicted molar refractivity (Wildman–Crippen MR) is 110 cm³/mol. The van der Waals surface area contributed by atoms with Gasteiger partial charge >= 0.3 is 0 Å². The Kier molecular flexibility index (Phi) is 4.61. The van der Waals surface area contributed by atoms with E-state index >= 15 is 0 Å². The van der Waals surface area contributed by atoms with Gasteiger partial charge in [0.2, 0.25) is 0 Å². The van der Waals surface area contributed by atoms with Gasteiger partial charge in [0.05, 0.1) is 23.8 Å². The number of hydrogen-bond acceptors (Lipinski definition) is 4. The van der Waals surface area contributed by atoms with Crippen molar-refractivity contribution < 1.29 is 4.74 Å². The SMILES string of the molecule is O=c1c2ccccc2ncn1CC1CCN(Cc2ccc3c(c2)CCO3)CC1. The van der Waals surface area contributed by atoms with E-state index in [0.29, 0.717) is 11.3 Å². The molecule has 0 amide bonds. The molecule has 2 aliphatic heterocycles. The molecule has 0 radical (unpaired) electrons. The molecule has 2 aromatic carbocycles. The number of nitrogens with zero attached hydrogens (tertiary/aromatic N) is 3. The van der Waals surface area contributed by atoms with Crippen LogP contribution in [0.5, 0.6) is 5.75 Å². The minimum atomic E-state index is 0.0772. The molecule has 5 nitrogen and oxygen atoms in total. The van der Waals surface area contributed by atoms with E-state index in [0.717, 1.165) is 63.3 Å². The summed E-state index contributed by atoms with van der Waals surface area (Å²) in [6, 6.07) is 14.2. The minimum Gasteiger partial charge on any atom is -0.493 e. The van der Waals surface area contributed by atoms with Crippen LogP contribution in [0.3, 0.4) is 0 Å². The molecule has 0 saturated carbocycles. The number of piperidine rings is 1. The van der Waals surface area contributed by atoms with E-state index in [4.69, 9.17) is 4.74 Å². The molecule has 0 spiro atoms. The van der Waals surface area contributed by atoms with Gasteiger partial charge in [-0.1, -0.05) is 24.3 Å². The number of benzene rings is 2. The van der Waals surface area contributed by atoms with Gasteiger partial charge in [0.25, 0.3) is 5.56 Å². The zero-order valence-electron chi connectivity index (χ0n) is 16.0. The van der Waals surface area contributed by atoms with Crippen LogP contribution < -0.4 is 10.3 Å². The highest BCUT2D eigenvalue weighted by molar-refractivity contribution is 5.76. The highest BCUT2D eigenvalue weighted by atomic mass is 16.5. The van der Waals surface area contributed by atoms with Crippen molar-refractivity contribution in [2.24, 2.45) is 5.92 Å². The Morgan fingerprint density at radius 2 is 1.96 bits per heavy atom. The van der Waals surface area contributed by atoms with E-state index in [1.54, 1.807) is 10.9 Å². The first-order chi connectivity index (χ1) is 13.8. The van der Waals surface area contributed by atoms with E-state index in [1.807, 2.05) is 24.3 Å². The molecule has 1 aromatic heterocycles. The van der Waals surface area contributed by atoms with Gasteiger partial charge in [0.1, 0.15) is 5.75 Å². The van der Waals surface area contributed by atoms with E-state index < -0.39 is 0 Å². The van der Waals surface area contributed by atoms with Gasteiger partial charge in [-0.3, -0.25) is 14.3 Å². The molecule has 1 saturated heterocycles. The fourth-order valence-electron chi connectivity index (χ4n) is 4.44. The number of likely N-dealkylation sites (tertiary alicyclic amines) is 1.